The number of ether oxygens (including phenoxy) is 1. The molecule has 0 aromatic carbocycles. The molecule has 4 nitrogen and oxygen atoms in total. The van der Waals surface area contributed by atoms with Crippen molar-refractivity contribution < 1.29 is 38.9 Å². The number of carbonyl (C=O) groups is 2. The Morgan fingerprint density at radius 3 is 2.11 bits per heavy atom. The molecule has 9 heavy (non-hydrogen) atoms. The van der Waals surface area contributed by atoms with E-state index in [-0.39, 0.29) is 19.5 Å². The van der Waals surface area contributed by atoms with Crippen molar-refractivity contribution in [3.05, 3.63) is 0 Å². The third-order valence-corrected chi connectivity index (χ3v) is 0.387. The van der Waals surface area contributed by atoms with Gasteiger partial charge in [0.15, 0.2) is 0 Å². The molecule has 0 aliphatic carbocycles. The Labute approximate surface area is 64.9 Å². The van der Waals surface area contributed by atoms with Gasteiger partial charge in [-0.2, -0.15) is 0 Å². The zero-order valence-electron chi connectivity index (χ0n) is 5.09. The molecule has 0 amide bonds. The molecule has 0 atom stereocenters. The van der Waals surface area contributed by atoms with Crippen LogP contribution in [-0.4, -0.2) is 23.7 Å². The Bertz CT molecular complexity index is 111. The zero-order valence-corrected chi connectivity index (χ0v) is 8.05. The van der Waals surface area contributed by atoms with Gasteiger partial charge in [0, 0.05) is 26.4 Å². The van der Waals surface area contributed by atoms with Gasteiger partial charge in [-0.15, -0.1) is 0 Å². The maximum absolute atomic E-state index is 9.93. The smallest absolute Gasteiger partial charge is 0.339 e. The molecule has 0 aromatic heterocycles. The summed E-state index contributed by atoms with van der Waals surface area (Å²) in [6, 6.07) is 0. The fourth-order valence-electron chi connectivity index (χ4n) is 0.193. The number of esters is 2. The molecule has 48 valence electrons. The fraction of sp³-hybridized carbons (Fsp3) is 0.500. The maximum Gasteiger partial charge on any atom is 0.339 e. The first-order valence-electron chi connectivity index (χ1n) is 1.99. The summed E-state index contributed by atoms with van der Waals surface area (Å²) in [6.07, 6.45) is 0. The van der Waals surface area contributed by atoms with Crippen LogP contribution < -0.4 is 0 Å². The largest absolute Gasteiger partial charge is 0.392 e. The van der Waals surface area contributed by atoms with Gasteiger partial charge in [0.05, 0.1) is 0 Å². The standard InChI is InChI=1S/C4H6O4.Zn/c1-3(6)8-4(7)2-5;/h5H,2H2,1H3;. The Balaban J connectivity index is 0. The predicted molar refractivity (Wildman–Crippen MR) is 23.9 cm³/mol. The van der Waals surface area contributed by atoms with Crippen LogP contribution in [0.1, 0.15) is 6.92 Å². The van der Waals surface area contributed by atoms with E-state index in [9.17, 15) is 9.59 Å². The number of hydrogen-bond donors (Lipinski definition) is 1. The Kier molecular flexibility index (Phi) is 7.49. The molecule has 1 N–H and O–H groups in total. The van der Waals surface area contributed by atoms with Gasteiger partial charge in [0.1, 0.15) is 6.61 Å². The third kappa shape index (κ3) is 7.72. The van der Waals surface area contributed by atoms with Crippen molar-refractivity contribution in [2.24, 2.45) is 0 Å². The second kappa shape index (κ2) is 5.85. The molecule has 0 spiro atoms. The van der Waals surface area contributed by atoms with Gasteiger partial charge in [-0.3, -0.25) is 4.79 Å². The summed E-state index contributed by atoms with van der Waals surface area (Å²) in [5.74, 6) is -1.62. The van der Waals surface area contributed by atoms with Crippen molar-refractivity contribution in [2.45, 2.75) is 6.92 Å². The normalized spacial score (nSPS) is 7.33. The number of aliphatic hydroxyl groups is 1. The average molecular weight is 183 g/mol. The van der Waals surface area contributed by atoms with Crippen LogP contribution in [0.3, 0.4) is 0 Å². The van der Waals surface area contributed by atoms with E-state index in [0.29, 0.717) is 0 Å². The predicted octanol–water partition coefficient (Wildman–Crippen LogP) is -0.934. The summed E-state index contributed by atoms with van der Waals surface area (Å²) < 4.78 is 3.87. The van der Waals surface area contributed by atoms with Crippen molar-refractivity contribution >= 4 is 11.9 Å². The van der Waals surface area contributed by atoms with Gasteiger partial charge in [-0.05, 0) is 0 Å². The van der Waals surface area contributed by atoms with Crippen molar-refractivity contribution in [1.29, 1.82) is 0 Å². The molecule has 0 aliphatic rings. The van der Waals surface area contributed by atoms with Crippen LogP contribution in [0, 0.1) is 0 Å². The monoisotopic (exact) mass is 182 g/mol. The first-order chi connectivity index (χ1) is 3.66. The van der Waals surface area contributed by atoms with Gasteiger partial charge >= 0.3 is 11.9 Å². The molecule has 0 bridgehead atoms. The molecule has 0 rings (SSSR count). The number of aliphatic hydroxyl groups excluding tert-OH is 1. The van der Waals surface area contributed by atoms with Gasteiger partial charge in [-0.25, -0.2) is 4.79 Å². The van der Waals surface area contributed by atoms with Crippen LogP contribution in [0.2, 0.25) is 0 Å². The third-order valence-electron chi connectivity index (χ3n) is 0.387. The van der Waals surface area contributed by atoms with Crippen LogP contribution in [0.15, 0.2) is 0 Å². The molecule has 0 unspecified atom stereocenters. The van der Waals surface area contributed by atoms with Crippen molar-refractivity contribution in [1.82, 2.24) is 0 Å². The van der Waals surface area contributed by atoms with Gasteiger partial charge < -0.3 is 9.84 Å². The second-order valence-electron chi connectivity index (χ2n) is 1.12. The molecule has 0 aromatic rings. The average Bonchev–Trinajstić information content (AvgIpc) is 1.65. The fourth-order valence-corrected chi connectivity index (χ4v) is 0.193. The minimum atomic E-state index is -0.919. The Hall–Kier alpha value is -0.277. The van der Waals surface area contributed by atoms with E-state index in [4.69, 9.17) is 5.11 Å². The van der Waals surface area contributed by atoms with Gasteiger partial charge in [0.2, 0.25) is 0 Å². The van der Waals surface area contributed by atoms with Crippen molar-refractivity contribution in [3.63, 3.8) is 0 Å². The summed E-state index contributed by atoms with van der Waals surface area (Å²) in [5, 5.41) is 7.96. The molecular weight excluding hydrogens is 177 g/mol. The molecule has 0 saturated carbocycles. The Morgan fingerprint density at radius 1 is 1.56 bits per heavy atom. The minimum absolute atomic E-state index is 0. The molecule has 0 aliphatic heterocycles. The summed E-state index contributed by atoms with van der Waals surface area (Å²) in [7, 11) is 0. The summed E-state index contributed by atoms with van der Waals surface area (Å²) in [6.45, 7) is 0.340. The van der Waals surface area contributed by atoms with E-state index in [2.05, 4.69) is 4.74 Å². The van der Waals surface area contributed by atoms with E-state index < -0.39 is 18.5 Å². The van der Waals surface area contributed by atoms with Crippen LogP contribution in [0.25, 0.3) is 0 Å². The van der Waals surface area contributed by atoms with Crippen LogP contribution in [0.4, 0.5) is 0 Å². The van der Waals surface area contributed by atoms with E-state index in [1.807, 2.05) is 0 Å². The quantitative estimate of drug-likeness (QED) is 0.324. The van der Waals surface area contributed by atoms with E-state index in [1.54, 1.807) is 0 Å². The first kappa shape index (κ1) is 11.5. The number of hydrogen-bond acceptors (Lipinski definition) is 4. The Morgan fingerprint density at radius 2 is 2.00 bits per heavy atom. The first-order valence-corrected chi connectivity index (χ1v) is 1.99. The molecule has 0 saturated heterocycles. The van der Waals surface area contributed by atoms with Crippen LogP contribution in [-0.2, 0) is 33.8 Å². The van der Waals surface area contributed by atoms with E-state index in [0.717, 1.165) is 6.92 Å². The molecule has 5 heteroatoms. The van der Waals surface area contributed by atoms with Crippen LogP contribution in [0.5, 0.6) is 0 Å². The number of carbonyl (C=O) groups excluding carboxylic acids is 2. The SMILES string of the molecule is CC(=O)OC(=O)CO.[Zn]. The molecule has 0 heterocycles. The van der Waals surface area contributed by atoms with E-state index >= 15 is 0 Å². The second-order valence-corrected chi connectivity index (χ2v) is 1.12. The zero-order chi connectivity index (χ0) is 6.57. The minimum Gasteiger partial charge on any atom is -0.392 e. The van der Waals surface area contributed by atoms with Gasteiger partial charge in [0.25, 0.3) is 0 Å². The molecular formula is C4H6O4Zn. The maximum atomic E-state index is 9.93. The summed E-state index contributed by atoms with van der Waals surface area (Å²) in [4.78, 5) is 19.8. The van der Waals surface area contributed by atoms with E-state index in [1.165, 1.54) is 0 Å². The molecule has 0 radical (unpaired) electrons. The van der Waals surface area contributed by atoms with Crippen molar-refractivity contribution in [3.8, 4) is 0 Å². The summed E-state index contributed by atoms with van der Waals surface area (Å²) >= 11 is 0. The number of rotatable bonds is 1. The van der Waals surface area contributed by atoms with Crippen molar-refractivity contribution in [2.75, 3.05) is 6.61 Å². The summed E-state index contributed by atoms with van der Waals surface area (Å²) in [5.41, 5.74) is 0. The molecule has 0 fully saturated rings. The topological polar surface area (TPSA) is 63.6 Å². The van der Waals surface area contributed by atoms with Crippen LogP contribution >= 0.6 is 0 Å². The van der Waals surface area contributed by atoms with Gasteiger partial charge in [-0.1, -0.05) is 0 Å².